The third-order valence-corrected chi connectivity index (χ3v) is 6.75. The Kier molecular flexibility index (Phi) is 5.44. The molecule has 2 nitrogen and oxygen atoms in total. The summed E-state index contributed by atoms with van der Waals surface area (Å²) in [4.78, 5) is 12.2. The van der Waals surface area contributed by atoms with Crippen LogP contribution in [-0.2, 0) is 10.9 Å². The van der Waals surface area contributed by atoms with Gasteiger partial charge in [0.2, 0.25) is 0 Å². The second-order valence-electron chi connectivity index (χ2n) is 5.81. The van der Waals surface area contributed by atoms with Crippen LogP contribution in [0.5, 0.6) is 0 Å². The molecule has 0 saturated carbocycles. The quantitative estimate of drug-likeness (QED) is 0.357. The van der Waals surface area contributed by atoms with Crippen LogP contribution < -0.4 is 0 Å². The van der Waals surface area contributed by atoms with Gasteiger partial charge in [-0.15, -0.1) is 0 Å². The van der Waals surface area contributed by atoms with Gasteiger partial charge in [0, 0.05) is 28.0 Å². The third-order valence-electron chi connectivity index (χ3n) is 4.01. The van der Waals surface area contributed by atoms with Crippen LogP contribution in [0.25, 0.3) is 11.4 Å². The molecule has 0 spiro atoms. The minimum Gasteiger partial charge on any atom is -0.237 e. The van der Waals surface area contributed by atoms with Crippen LogP contribution in [0.2, 0.25) is 10.0 Å². The molecule has 0 radical (unpaired) electrons. The molecule has 4 rings (SSSR count). The maximum absolute atomic E-state index is 6.09. The van der Waals surface area contributed by atoms with Crippen molar-refractivity contribution in [3.63, 3.8) is 0 Å². The molecule has 0 saturated heterocycles. The first kappa shape index (κ1) is 18.1. The molecule has 3 aromatic carbocycles. The summed E-state index contributed by atoms with van der Waals surface area (Å²) in [5.74, 6) is 0.724. The minimum absolute atomic E-state index is 0.254. The van der Waals surface area contributed by atoms with Crippen LogP contribution in [0, 0.1) is 0 Å². The molecule has 0 amide bonds. The van der Waals surface area contributed by atoms with Gasteiger partial charge in [-0.2, -0.15) is 0 Å². The molecule has 132 valence electrons. The molecule has 5 heteroatoms. The Labute approximate surface area is 171 Å². The Morgan fingerprint density at radius 2 is 0.963 bits per heavy atom. The van der Waals surface area contributed by atoms with E-state index in [1.165, 1.54) is 14.7 Å². The van der Waals surface area contributed by atoms with Crippen molar-refractivity contribution in [2.24, 2.45) is 0 Å². The van der Waals surface area contributed by atoms with E-state index < -0.39 is 0 Å². The SMILES string of the molecule is Clc1ccc([S+](c2ccc(Cl)cc2)c2ccc(-c3ncccn3)cc2)cc1. The van der Waals surface area contributed by atoms with Crippen LogP contribution in [-0.4, -0.2) is 9.97 Å². The monoisotopic (exact) mass is 409 g/mol. The van der Waals surface area contributed by atoms with Crippen molar-refractivity contribution in [3.8, 4) is 11.4 Å². The van der Waals surface area contributed by atoms with Gasteiger partial charge in [0.05, 0.1) is 10.9 Å². The van der Waals surface area contributed by atoms with E-state index >= 15 is 0 Å². The molecule has 0 fully saturated rings. The normalized spacial score (nSPS) is 10.9. The summed E-state index contributed by atoms with van der Waals surface area (Å²) >= 11 is 12.2. The Hall–Kier alpha value is -2.33. The van der Waals surface area contributed by atoms with Gasteiger partial charge in [0.1, 0.15) is 0 Å². The second-order valence-corrected chi connectivity index (χ2v) is 8.71. The van der Waals surface area contributed by atoms with Crippen LogP contribution >= 0.6 is 23.2 Å². The summed E-state index contributed by atoms with van der Waals surface area (Å²) in [7, 11) is -0.254. The molecule has 0 aliphatic carbocycles. The Balaban J connectivity index is 1.76. The van der Waals surface area contributed by atoms with E-state index in [2.05, 4.69) is 58.5 Å². The third kappa shape index (κ3) is 4.16. The fourth-order valence-electron chi connectivity index (χ4n) is 2.74. The summed E-state index contributed by atoms with van der Waals surface area (Å²) in [6, 6.07) is 26.3. The highest BCUT2D eigenvalue weighted by Gasteiger charge is 2.28. The summed E-state index contributed by atoms with van der Waals surface area (Å²) in [6.07, 6.45) is 3.50. The Bertz CT molecular complexity index is 973. The average molecular weight is 410 g/mol. The fraction of sp³-hybridized carbons (Fsp3) is 0. The van der Waals surface area contributed by atoms with Gasteiger partial charge in [0.15, 0.2) is 20.5 Å². The predicted molar refractivity (Wildman–Crippen MR) is 113 cm³/mol. The lowest BCUT2D eigenvalue weighted by atomic mass is 10.2. The van der Waals surface area contributed by atoms with Crippen molar-refractivity contribution in [2.45, 2.75) is 14.7 Å². The number of hydrogen-bond acceptors (Lipinski definition) is 2. The van der Waals surface area contributed by atoms with Gasteiger partial charge in [-0.05, 0) is 78.9 Å². The van der Waals surface area contributed by atoms with Gasteiger partial charge >= 0.3 is 0 Å². The summed E-state index contributed by atoms with van der Waals surface area (Å²) in [6.45, 7) is 0. The second kappa shape index (κ2) is 8.13. The highest BCUT2D eigenvalue weighted by atomic mass is 35.5. The van der Waals surface area contributed by atoms with Crippen LogP contribution in [0.4, 0.5) is 0 Å². The average Bonchev–Trinajstić information content (AvgIpc) is 2.72. The van der Waals surface area contributed by atoms with Crippen LogP contribution in [0.15, 0.2) is 106 Å². The summed E-state index contributed by atoms with van der Waals surface area (Å²) < 4.78 is 0. The van der Waals surface area contributed by atoms with E-state index in [1.54, 1.807) is 12.4 Å². The first-order valence-corrected chi connectivity index (χ1v) is 10.3. The molecule has 4 aromatic rings. The number of halogens is 2. The van der Waals surface area contributed by atoms with Crippen LogP contribution in [0.1, 0.15) is 0 Å². The van der Waals surface area contributed by atoms with Gasteiger partial charge in [-0.25, -0.2) is 9.97 Å². The van der Waals surface area contributed by atoms with Crippen molar-refractivity contribution in [1.29, 1.82) is 0 Å². The molecule has 0 unspecified atom stereocenters. The fourth-order valence-corrected chi connectivity index (χ4v) is 5.03. The molecule has 27 heavy (non-hydrogen) atoms. The zero-order chi connectivity index (χ0) is 18.6. The lowest BCUT2D eigenvalue weighted by Crippen LogP contribution is -2.04. The van der Waals surface area contributed by atoms with E-state index in [4.69, 9.17) is 23.2 Å². The van der Waals surface area contributed by atoms with Gasteiger partial charge in [0.25, 0.3) is 0 Å². The Morgan fingerprint density at radius 1 is 0.556 bits per heavy atom. The molecule has 1 heterocycles. The molecular weight excluding hydrogens is 395 g/mol. The minimum atomic E-state index is -0.254. The molecule has 0 atom stereocenters. The first-order chi connectivity index (χ1) is 13.2. The molecule has 1 aromatic heterocycles. The Morgan fingerprint density at radius 3 is 1.41 bits per heavy atom. The first-order valence-electron chi connectivity index (χ1n) is 8.33. The van der Waals surface area contributed by atoms with Gasteiger partial charge in [-0.3, -0.25) is 0 Å². The predicted octanol–water partition coefficient (Wildman–Crippen LogP) is 6.55. The van der Waals surface area contributed by atoms with Crippen molar-refractivity contribution >= 4 is 34.1 Å². The summed E-state index contributed by atoms with van der Waals surface area (Å²) in [5, 5.41) is 1.46. The van der Waals surface area contributed by atoms with Gasteiger partial charge < -0.3 is 0 Å². The zero-order valence-electron chi connectivity index (χ0n) is 14.2. The van der Waals surface area contributed by atoms with Crippen LogP contribution in [0.3, 0.4) is 0 Å². The highest BCUT2D eigenvalue weighted by Crippen LogP contribution is 2.33. The number of rotatable bonds is 4. The van der Waals surface area contributed by atoms with E-state index in [-0.39, 0.29) is 10.9 Å². The maximum Gasteiger partial charge on any atom is 0.166 e. The van der Waals surface area contributed by atoms with Crippen molar-refractivity contribution in [2.75, 3.05) is 0 Å². The van der Waals surface area contributed by atoms with E-state index in [1.807, 2.05) is 30.3 Å². The topological polar surface area (TPSA) is 25.8 Å². The van der Waals surface area contributed by atoms with Crippen molar-refractivity contribution < 1.29 is 0 Å². The largest absolute Gasteiger partial charge is 0.237 e. The van der Waals surface area contributed by atoms with Gasteiger partial charge in [-0.1, -0.05) is 23.2 Å². The molecule has 0 aliphatic rings. The lowest BCUT2D eigenvalue weighted by Gasteiger charge is -2.09. The number of aromatic nitrogens is 2. The van der Waals surface area contributed by atoms with Crippen molar-refractivity contribution in [3.05, 3.63) is 101 Å². The molecule has 0 bridgehead atoms. The smallest absolute Gasteiger partial charge is 0.166 e. The molecule has 0 aliphatic heterocycles. The standard InChI is InChI=1S/C22H15Cl2N2S/c23-17-4-10-20(11-5-17)27(21-12-6-18(24)7-13-21)19-8-2-16(3-9-19)22-25-14-1-15-26-22/h1-15H/q+1. The molecule has 0 N–H and O–H groups in total. The van der Waals surface area contributed by atoms with E-state index in [9.17, 15) is 0 Å². The number of benzene rings is 3. The zero-order valence-corrected chi connectivity index (χ0v) is 16.5. The number of nitrogens with zero attached hydrogens (tertiary/aromatic N) is 2. The highest BCUT2D eigenvalue weighted by molar-refractivity contribution is 7.97. The maximum atomic E-state index is 6.09. The number of hydrogen-bond donors (Lipinski definition) is 0. The summed E-state index contributed by atoms with van der Waals surface area (Å²) in [5.41, 5.74) is 0.995. The van der Waals surface area contributed by atoms with E-state index in [0.29, 0.717) is 0 Å². The van der Waals surface area contributed by atoms with Crippen molar-refractivity contribution in [1.82, 2.24) is 9.97 Å². The van der Waals surface area contributed by atoms with E-state index in [0.717, 1.165) is 21.4 Å². The lowest BCUT2D eigenvalue weighted by molar-refractivity contribution is 1.17. The molecular formula is C22H15Cl2N2S+.